The van der Waals surface area contributed by atoms with Crippen molar-refractivity contribution in [3.05, 3.63) is 48.0 Å². The molecule has 1 saturated heterocycles. The average molecular weight is 318 g/mol. The van der Waals surface area contributed by atoms with Crippen molar-refractivity contribution in [1.82, 2.24) is 9.62 Å². The van der Waals surface area contributed by atoms with Gasteiger partial charge in [-0.3, -0.25) is 4.79 Å². The summed E-state index contributed by atoms with van der Waals surface area (Å²) < 4.78 is 25.1. The summed E-state index contributed by atoms with van der Waals surface area (Å²) >= 11 is 0. The maximum Gasteiger partial charge on any atom is 0.253 e. The summed E-state index contributed by atoms with van der Waals surface area (Å²) in [4.78, 5) is 14.3. The van der Waals surface area contributed by atoms with Crippen molar-refractivity contribution in [2.24, 2.45) is 0 Å². The first-order valence-electron chi connectivity index (χ1n) is 7.18. The van der Waals surface area contributed by atoms with Crippen molar-refractivity contribution in [1.29, 1.82) is 0 Å². The maximum absolute atomic E-state index is 12.6. The predicted molar refractivity (Wildman–Crippen MR) is 86.2 cm³/mol. The smallest absolute Gasteiger partial charge is 0.253 e. The van der Waals surface area contributed by atoms with Crippen molar-refractivity contribution < 1.29 is 13.2 Å². The molecule has 1 heterocycles. The summed E-state index contributed by atoms with van der Waals surface area (Å²) in [7, 11) is -3.24. The van der Waals surface area contributed by atoms with Crippen LogP contribution in [0.3, 0.4) is 0 Å². The molecule has 0 saturated carbocycles. The molecule has 1 atom stereocenters. The Bertz CT molecular complexity index is 817. The number of rotatable bonds is 3. The van der Waals surface area contributed by atoms with Gasteiger partial charge >= 0.3 is 0 Å². The highest BCUT2D eigenvalue weighted by Crippen LogP contribution is 2.19. The number of hydrogen-bond acceptors (Lipinski definition) is 3. The van der Waals surface area contributed by atoms with Crippen LogP contribution in [0.5, 0.6) is 0 Å². The van der Waals surface area contributed by atoms with Gasteiger partial charge in [0, 0.05) is 24.7 Å². The van der Waals surface area contributed by atoms with Crippen molar-refractivity contribution in [2.45, 2.75) is 12.5 Å². The van der Waals surface area contributed by atoms with Crippen LogP contribution in [0.1, 0.15) is 16.8 Å². The van der Waals surface area contributed by atoms with Gasteiger partial charge in [0.1, 0.15) is 0 Å². The van der Waals surface area contributed by atoms with Crippen LogP contribution < -0.4 is 4.72 Å². The molecule has 0 bridgehead atoms. The molecule has 6 heteroatoms. The SMILES string of the molecule is CS(=O)(=O)NC1CCN(C(=O)c2ccc3ccccc3c2)C1. The molecular formula is C16H18N2O3S. The number of fused-ring (bicyclic) bond motifs is 1. The molecule has 3 rings (SSSR count). The first-order valence-corrected chi connectivity index (χ1v) is 9.07. The second kappa shape index (κ2) is 5.70. The Morgan fingerprint density at radius 1 is 1.18 bits per heavy atom. The zero-order valence-electron chi connectivity index (χ0n) is 12.3. The van der Waals surface area contributed by atoms with E-state index in [-0.39, 0.29) is 11.9 Å². The van der Waals surface area contributed by atoms with Crippen LogP contribution in [0, 0.1) is 0 Å². The van der Waals surface area contributed by atoms with Gasteiger partial charge in [-0.15, -0.1) is 0 Å². The van der Waals surface area contributed by atoms with E-state index in [1.807, 2.05) is 42.5 Å². The van der Waals surface area contributed by atoms with Gasteiger partial charge in [0.05, 0.1) is 6.26 Å². The predicted octanol–water partition coefficient (Wildman–Crippen LogP) is 1.60. The minimum absolute atomic E-state index is 0.0523. The van der Waals surface area contributed by atoms with Gasteiger partial charge in [-0.1, -0.05) is 30.3 Å². The average Bonchev–Trinajstić information content (AvgIpc) is 2.92. The van der Waals surface area contributed by atoms with Crippen LogP contribution in [0.15, 0.2) is 42.5 Å². The van der Waals surface area contributed by atoms with Gasteiger partial charge in [0.15, 0.2) is 0 Å². The summed E-state index contributed by atoms with van der Waals surface area (Å²) in [5.41, 5.74) is 0.638. The van der Waals surface area contributed by atoms with Crippen molar-refractivity contribution in [3.8, 4) is 0 Å². The number of nitrogens with one attached hydrogen (secondary N) is 1. The lowest BCUT2D eigenvalue weighted by Crippen LogP contribution is -2.37. The number of likely N-dealkylation sites (tertiary alicyclic amines) is 1. The molecule has 22 heavy (non-hydrogen) atoms. The standard InChI is InChI=1S/C16H18N2O3S/c1-22(20,21)17-15-8-9-18(11-15)16(19)14-7-6-12-4-2-3-5-13(12)10-14/h2-7,10,15,17H,8-9,11H2,1H3. The fourth-order valence-corrected chi connectivity index (χ4v) is 3.65. The van der Waals surface area contributed by atoms with E-state index in [1.165, 1.54) is 0 Å². The number of amides is 1. The van der Waals surface area contributed by atoms with Crippen LogP contribution in [-0.4, -0.2) is 44.6 Å². The Kier molecular flexibility index (Phi) is 3.88. The number of sulfonamides is 1. The molecule has 1 fully saturated rings. The lowest BCUT2D eigenvalue weighted by molar-refractivity contribution is 0.0790. The van der Waals surface area contributed by atoms with Crippen LogP contribution in [0.2, 0.25) is 0 Å². The van der Waals surface area contributed by atoms with E-state index < -0.39 is 10.0 Å². The molecule has 1 aliphatic heterocycles. The van der Waals surface area contributed by atoms with E-state index >= 15 is 0 Å². The highest BCUT2D eigenvalue weighted by Gasteiger charge is 2.28. The third-order valence-corrected chi connectivity index (χ3v) is 4.61. The molecule has 2 aromatic carbocycles. The molecule has 0 aromatic heterocycles. The molecule has 0 spiro atoms. The lowest BCUT2D eigenvalue weighted by atomic mass is 10.1. The zero-order chi connectivity index (χ0) is 15.7. The Hall–Kier alpha value is -1.92. The van der Waals surface area contributed by atoms with Crippen LogP contribution in [0.4, 0.5) is 0 Å². The highest BCUT2D eigenvalue weighted by molar-refractivity contribution is 7.88. The van der Waals surface area contributed by atoms with E-state index in [0.717, 1.165) is 17.0 Å². The maximum atomic E-state index is 12.6. The largest absolute Gasteiger partial charge is 0.337 e. The summed E-state index contributed by atoms with van der Waals surface area (Å²) in [6, 6.07) is 13.3. The first-order chi connectivity index (χ1) is 10.4. The van der Waals surface area contributed by atoms with Crippen molar-refractivity contribution in [3.63, 3.8) is 0 Å². The molecule has 0 aliphatic carbocycles. The summed E-state index contributed by atoms with van der Waals surface area (Å²) in [5, 5.41) is 2.12. The Balaban J connectivity index is 1.76. The van der Waals surface area contributed by atoms with Crippen molar-refractivity contribution in [2.75, 3.05) is 19.3 Å². The van der Waals surface area contributed by atoms with E-state index in [9.17, 15) is 13.2 Å². The lowest BCUT2D eigenvalue weighted by Gasteiger charge is -2.17. The fraction of sp³-hybridized carbons (Fsp3) is 0.312. The van der Waals surface area contributed by atoms with Gasteiger partial charge < -0.3 is 4.90 Å². The Morgan fingerprint density at radius 3 is 2.64 bits per heavy atom. The van der Waals surface area contributed by atoms with Gasteiger partial charge in [-0.2, -0.15) is 0 Å². The topological polar surface area (TPSA) is 66.5 Å². The molecule has 1 unspecified atom stereocenters. The summed E-state index contributed by atoms with van der Waals surface area (Å²) in [6.45, 7) is 0.984. The highest BCUT2D eigenvalue weighted by atomic mass is 32.2. The Morgan fingerprint density at radius 2 is 1.91 bits per heavy atom. The van der Waals surface area contributed by atoms with E-state index in [1.54, 1.807) is 4.90 Å². The Labute approximate surface area is 130 Å². The molecule has 1 amide bonds. The van der Waals surface area contributed by atoms with Crippen LogP contribution in [0.25, 0.3) is 10.8 Å². The molecule has 5 nitrogen and oxygen atoms in total. The zero-order valence-corrected chi connectivity index (χ0v) is 13.1. The second-order valence-corrected chi connectivity index (χ2v) is 7.47. The monoisotopic (exact) mass is 318 g/mol. The molecule has 116 valence electrons. The minimum atomic E-state index is -3.24. The number of hydrogen-bond donors (Lipinski definition) is 1. The van der Waals surface area contributed by atoms with Gasteiger partial charge in [0.2, 0.25) is 10.0 Å². The third kappa shape index (κ3) is 3.28. The quantitative estimate of drug-likeness (QED) is 0.935. The minimum Gasteiger partial charge on any atom is -0.337 e. The first kappa shape index (κ1) is 15.0. The van der Waals surface area contributed by atoms with E-state index in [2.05, 4.69) is 4.72 Å². The number of benzene rings is 2. The van der Waals surface area contributed by atoms with E-state index in [4.69, 9.17) is 0 Å². The molecule has 1 aliphatic rings. The third-order valence-electron chi connectivity index (χ3n) is 3.85. The number of nitrogens with zero attached hydrogens (tertiary/aromatic N) is 1. The number of carbonyl (C=O) groups is 1. The van der Waals surface area contributed by atoms with Gasteiger partial charge in [-0.25, -0.2) is 13.1 Å². The van der Waals surface area contributed by atoms with Gasteiger partial charge in [0.25, 0.3) is 5.91 Å². The second-order valence-electron chi connectivity index (χ2n) is 5.69. The molecule has 1 N–H and O–H groups in total. The van der Waals surface area contributed by atoms with E-state index in [0.29, 0.717) is 25.1 Å². The molecule has 2 aromatic rings. The molecule has 0 radical (unpaired) electrons. The normalized spacial score (nSPS) is 18.8. The van der Waals surface area contributed by atoms with Gasteiger partial charge in [-0.05, 0) is 29.3 Å². The molecular weight excluding hydrogens is 300 g/mol. The fourth-order valence-electron chi connectivity index (χ4n) is 2.85. The van der Waals surface area contributed by atoms with Crippen molar-refractivity contribution >= 4 is 26.7 Å². The summed E-state index contributed by atoms with van der Waals surface area (Å²) in [6.07, 6.45) is 1.78. The van der Waals surface area contributed by atoms with Crippen LogP contribution in [-0.2, 0) is 10.0 Å². The number of carbonyl (C=O) groups excluding carboxylic acids is 1. The summed E-state index contributed by atoms with van der Waals surface area (Å²) in [5.74, 6) is -0.0523. The van der Waals surface area contributed by atoms with Crippen LogP contribution >= 0.6 is 0 Å².